The molecule has 4 rings (SSSR count). The molecule has 1 atom stereocenters. The van der Waals surface area contributed by atoms with Crippen molar-refractivity contribution >= 4 is 22.5 Å². The van der Waals surface area contributed by atoms with Crippen LogP contribution in [0.5, 0.6) is 0 Å². The van der Waals surface area contributed by atoms with Crippen molar-refractivity contribution in [2.75, 3.05) is 0 Å². The van der Waals surface area contributed by atoms with E-state index in [1.807, 2.05) is 54.6 Å². The summed E-state index contributed by atoms with van der Waals surface area (Å²) < 4.78 is 5.35. The van der Waals surface area contributed by atoms with Crippen molar-refractivity contribution in [2.45, 2.75) is 12.5 Å². The van der Waals surface area contributed by atoms with Crippen LogP contribution in [0, 0.1) is 0 Å². The lowest BCUT2D eigenvalue weighted by Gasteiger charge is -2.10. The molecule has 0 saturated heterocycles. The maximum atomic E-state index is 12.6. The number of ether oxygens (including phenoxy) is 1. The Bertz CT molecular complexity index is 927. The molecule has 0 aliphatic carbocycles. The summed E-state index contributed by atoms with van der Waals surface area (Å²) in [5.74, 6) is -0.373. The van der Waals surface area contributed by atoms with E-state index in [4.69, 9.17) is 4.74 Å². The van der Waals surface area contributed by atoms with Gasteiger partial charge in [-0.2, -0.15) is 0 Å². The summed E-state index contributed by atoms with van der Waals surface area (Å²) in [5.41, 5.74) is 2.00. The number of hydrogen-bond acceptors (Lipinski definition) is 3. The van der Waals surface area contributed by atoms with Gasteiger partial charge in [0.2, 0.25) is 0 Å². The number of esters is 1. The fraction of sp³-hybridized carbons (Fsp3) is 0.100. The first-order chi connectivity index (χ1) is 11.2. The fourth-order valence-electron chi connectivity index (χ4n) is 3.02. The summed E-state index contributed by atoms with van der Waals surface area (Å²) in [4.78, 5) is 24.4. The molecule has 3 aromatic carbocycles. The Labute approximate surface area is 133 Å². The minimum atomic E-state index is -0.488. The molecule has 23 heavy (non-hydrogen) atoms. The van der Waals surface area contributed by atoms with Crippen LogP contribution >= 0.6 is 0 Å². The van der Waals surface area contributed by atoms with E-state index in [0.29, 0.717) is 11.1 Å². The monoisotopic (exact) mass is 302 g/mol. The van der Waals surface area contributed by atoms with Crippen LogP contribution < -0.4 is 0 Å². The van der Waals surface area contributed by atoms with Gasteiger partial charge >= 0.3 is 5.97 Å². The minimum absolute atomic E-state index is 0.0229. The van der Waals surface area contributed by atoms with Gasteiger partial charge in [-0.15, -0.1) is 0 Å². The van der Waals surface area contributed by atoms with Crippen LogP contribution in [-0.2, 0) is 4.74 Å². The smallest absolute Gasteiger partial charge is 0.339 e. The van der Waals surface area contributed by atoms with Gasteiger partial charge in [-0.25, -0.2) is 4.79 Å². The highest BCUT2D eigenvalue weighted by Gasteiger charge is 2.32. The Hall–Kier alpha value is -2.94. The molecule has 1 aliphatic heterocycles. The Morgan fingerprint density at radius 2 is 1.65 bits per heavy atom. The number of fused-ring (bicyclic) bond motifs is 2. The van der Waals surface area contributed by atoms with Crippen molar-refractivity contribution in [3.63, 3.8) is 0 Å². The molecule has 0 spiro atoms. The number of benzene rings is 3. The number of Topliss-reactive ketones (excluding diaryl/α,β-unsaturated/α-hetero) is 1. The third kappa shape index (κ3) is 2.40. The summed E-state index contributed by atoms with van der Waals surface area (Å²) in [6, 6.07) is 20.8. The van der Waals surface area contributed by atoms with Crippen molar-refractivity contribution in [3.05, 3.63) is 83.4 Å². The third-order valence-electron chi connectivity index (χ3n) is 4.22. The lowest BCUT2D eigenvalue weighted by Crippen LogP contribution is -2.07. The molecular formula is C20H14O3. The number of carbonyl (C=O) groups excluding carboxylic acids is 2. The van der Waals surface area contributed by atoms with E-state index in [1.54, 1.807) is 12.1 Å². The van der Waals surface area contributed by atoms with Crippen LogP contribution in [0.2, 0.25) is 0 Å². The molecular weight excluding hydrogens is 288 g/mol. The van der Waals surface area contributed by atoms with Gasteiger partial charge < -0.3 is 4.74 Å². The molecule has 0 N–H and O–H groups in total. The Morgan fingerprint density at radius 1 is 0.913 bits per heavy atom. The van der Waals surface area contributed by atoms with Gasteiger partial charge in [0, 0.05) is 11.1 Å². The van der Waals surface area contributed by atoms with Crippen LogP contribution in [-0.4, -0.2) is 11.8 Å². The summed E-state index contributed by atoms with van der Waals surface area (Å²) in [6.07, 6.45) is -0.321. The van der Waals surface area contributed by atoms with Crippen LogP contribution in [0.1, 0.15) is 38.8 Å². The van der Waals surface area contributed by atoms with E-state index >= 15 is 0 Å². The quantitative estimate of drug-likeness (QED) is 0.534. The normalized spacial score (nSPS) is 16.2. The first-order valence-corrected chi connectivity index (χ1v) is 7.54. The molecule has 0 fully saturated rings. The number of hydrogen-bond donors (Lipinski definition) is 0. The highest BCUT2D eigenvalue weighted by atomic mass is 16.5. The van der Waals surface area contributed by atoms with Gasteiger partial charge in [-0.1, -0.05) is 54.6 Å². The highest BCUT2D eigenvalue weighted by Crippen LogP contribution is 2.33. The second-order valence-electron chi connectivity index (χ2n) is 5.67. The molecule has 0 unspecified atom stereocenters. The average Bonchev–Trinajstić information content (AvgIpc) is 2.91. The standard InChI is InChI=1S/C20H14O3/c21-18(15-10-9-13-5-1-2-6-14(13)11-15)12-19-16-7-3-4-8-17(16)20(22)23-19/h1-11,19H,12H2/t19-/m1/s1. The summed E-state index contributed by atoms with van der Waals surface area (Å²) in [6.45, 7) is 0. The molecule has 1 aliphatic rings. The third-order valence-corrected chi connectivity index (χ3v) is 4.22. The molecule has 3 aromatic rings. The van der Waals surface area contributed by atoms with Crippen molar-refractivity contribution in [3.8, 4) is 0 Å². The summed E-state index contributed by atoms with van der Waals surface area (Å²) in [5, 5.41) is 2.13. The van der Waals surface area contributed by atoms with Gasteiger partial charge in [0.25, 0.3) is 0 Å². The van der Waals surface area contributed by atoms with Crippen LogP contribution in [0.15, 0.2) is 66.7 Å². The first-order valence-electron chi connectivity index (χ1n) is 7.54. The molecule has 0 bridgehead atoms. The topological polar surface area (TPSA) is 43.4 Å². The second kappa shape index (κ2) is 5.36. The van der Waals surface area contributed by atoms with E-state index < -0.39 is 6.10 Å². The Balaban J connectivity index is 1.61. The number of cyclic esters (lactones) is 1. The predicted molar refractivity (Wildman–Crippen MR) is 87.5 cm³/mol. The average molecular weight is 302 g/mol. The van der Waals surface area contributed by atoms with Crippen molar-refractivity contribution in [1.82, 2.24) is 0 Å². The largest absolute Gasteiger partial charge is 0.453 e. The maximum Gasteiger partial charge on any atom is 0.339 e. The van der Waals surface area contributed by atoms with E-state index in [2.05, 4.69) is 0 Å². The van der Waals surface area contributed by atoms with Gasteiger partial charge in [-0.3, -0.25) is 4.79 Å². The van der Waals surface area contributed by atoms with Crippen molar-refractivity contribution < 1.29 is 14.3 Å². The van der Waals surface area contributed by atoms with Gasteiger partial charge in [0.1, 0.15) is 6.10 Å². The predicted octanol–water partition coefficient (Wildman–Crippen LogP) is 4.32. The molecule has 0 aromatic heterocycles. The van der Waals surface area contributed by atoms with Crippen LogP contribution in [0.25, 0.3) is 10.8 Å². The SMILES string of the molecule is O=C(C[C@H]1OC(=O)c2ccccc21)c1ccc2ccccc2c1. The molecule has 3 heteroatoms. The van der Waals surface area contributed by atoms with E-state index in [0.717, 1.165) is 16.3 Å². The number of carbonyl (C=O) groups is 2. The fourth-order valence-corrected chi connectivity index (χ4v) is 3.02. The number of ketones is 1. The minimum Gasteiger partial charge on any atom is -0.453 e. The zero-order valence-corrected chi connectivity index (χ0v) is 12.4. The lowest BCUT2D eigenvalue weighted by molar-refractivity contribution is 0.0367. The summed E-state index contributed by atoms with van der Waals surface area (Å²) in [7, 11) is 0. The molecule has 0 saturated carbocycles. The van der Waals surface area contributed by atoms with E-state index in [1.165, 1.54) is 0 Å². The van der Waals surface area contributed by atoms with E-state index in [9.17, 15) is 9.59 Å². The summed E-state index contributed by atoms with van der Waals surface area (Å²) >= 11 is 0. The van der Waals surface area contributed by atoms with Crippen molar-refractivity contribution in [1.29, 1.82) is 0 Å². The van der Waals surface area contributed by atoms with E-state index in [-0.39, 0.29) is 18.2 Å². The first kappa shape index (κ1) is 13.7. The van der Waals surface area contributed by atoms with Gasteiger partial charge in [0.05, 0.1) is 12.0 Å². The lowest BCUT2D eigenvalue weighted by atomic mass is 9.97. The molecule has 0 radical (unpaired) electrons. The van der Waals surface area contributed by atoms with Crippen LogP contribution in [0.3, 0.4) is 0 Å². The molecule has 1 heterocycles. The molecule has 112 valence electrons. The zero-order chi connectivity index (χ0) is 15.8. The highest BCUT2D eigenvalue weighted by molar-refractivity contribution is 6.01. The Morgan fingerprint density at radius 3 is 2.52 bits per heavy atom. The Kier molecular flexibility index (Phi) is 3.19. The number of rotatable bonds is 3. The van der Waals surface area contributed by atoms with Crippen molar-refractivity contribution in [2.24, 2.45) is 0 Å². The van der Waals surface area contributed by atoms with Gasteiger partial charge in [-0.05, 0) is 22.9 Å². The molecule has 3 nitrogen and oxygen atoms in total. The van der Waals surface area contributed by atoms with Crippen LogP contribution in [0.4, 0.5) is 0 Å². The second-order valence-corrected chi connectivity index (χ2v) is 5.67. The zero-order valence-electron chi connectivity index (χ0n) is 12.4. The molecule has 0 amide bonds. The van der Waals surface area contributed by atoms with Gasteiger partial charge in [0.15, 0.2) is 5.78 Å². The maximum absolute atomic E-state index is 12.6.